The molecule has 1 aromatic heterocycles. The second-order valence-electron chi connectivity index (χ2n) is 7.71. The molecule has 0 unspecified atom stereocenters. The maximum absolute atomic E-state index is 13.4. The number of fused-ring (bicyclic) bond motifs is 1. The second-order valence-corrected chi connectivity index (χ2v) is 7.71. The lowest BCUT2D eigenvalue weighted by atomic mass is 9.78. The largest absolute Gasteiger partial charge is 0.376 e. The van der Waals surface area contributed by atoms with Crippen molar-refractivity contribution in [2.45, 2.75) is 50.3 Å². The summed E-state index contributed by atoms with van der Waals surface area (Å²) in [4.78, 5) is 26.8. The van der Waals surface area contributed by atoms with Crippen molar-refractivity contribution in [2.75, 3.05) is 13.7 Å². The maximum Gasteiger partial charge on any atom is 0.254 e. The van der Waals surface area contributed by atoms with Crippen molar-refractivity contribution in [3.05, 3.63) is 48.3 Å². The number of nitrogens with zero attached hydrogens (tertiary/aromatic N) is 3. The highest BCUT2D eigenvalue weighted by Gasteiger charge is 2.52. The van der Waals surface area contributed by atoms with Crippen molar-refractivity contribution in [1.82, 2.24) is 20.0 Å². The standard InChI is InChI=1S/C21H26N4O3/c1-15(26)23-17-7-8-21(28-2)9-12-24(19(21)14-17)20(27)16-5-3-6-18(13-16)25-11-4-10-22-25/h3-6,10-11,13,17,19H,7-9,12,14H2,1-2H3,(H,23,26)/t17-,19+,21-/m1/s1. The van der Waals surface area contributed by atoms with Gasteiger partial charge in [0.1, 0.15) is 0 Å². The molecule has 1 N–H and O–H groups in total. The summed E-state index contributed by atoms with van der Waals surface area (Å²) in [7, 11) is 1.73. The van der Waals surface area contributed by atoms with Crippen molar-refractivity contribution >= 4 is 11.8 Å². The van der Waals surface area contributed by atoms with Gasteiger partial charge >= 0.3 is 0 Å². The Kier molecular flexibility index (Phi) is 4.93. The van der Waals surface area contributed by atoms with Crippen molar-refractivity contribution in [3.63, 3.8) is 0 Å². The van der Waals surface area contributed by atoms with Gasteiger partial charge in [0.15, 0.2) is 0 Å². The first-order chi connectivity index (χ1) is 13.5. The zero-order valence-electron chi connectivity index (χ0n) is 16.3. The van der Waals surface area contributed by atoms with Gasteiger partial charge in [-0.05, 0) is 49.9 Å². The van der Waals surface area contributed by atoms with Crippen molar-refractivity contribution < 1.29 is 14.3 Å². The smallest absolute Gasteiger partial charge is 0.254 e. The fourth-order valence-electron chi connectivity index (χ4n) is 4.73. The Balaban J connectivity index is 1.59. The molecule has 3 atom stereocenters. The molecule has 1 aliphatic heterocycles. The third-order valence-corrected chi connectivity index (χ3v) is 6.12. The first-order valence-electron chi connectivity index (χ1n) is 9.76. The number of aromatic nitrogens is 2. The summed E-state index contributed by atoms with van der Waals surface area (Å²) in [6.07, 6.45) is 6.83. The SMILES string of the molecule is CO[C@@]12CC[C@@H](NC(C)=O)C[C@@H]1N(C(=O)c1cccc(-n3cccn3)c1)CC2. The maximum atomic E-state index is 13.4. The minimum atomic E-state index is -0.315. The Labute approximate surface area is 164 Å². The summed E-state index contributed by atoms with van der Waals surface area (Å²) in [5, 5.41) is 7.26. The van der Waals surface area contributed by atoms with Gasteiger partial charge < -0.3 is 15.0 Å². The summed E-state index contributed by atoms with van der Waals surface area (Å²) in [5.41, 5.74) is 1.18. The van der Waals surface area contributed by atoms with Crippen LogP contribution in [0.2, 0.25) is 0 Å². The highest BCUT2D eigenvalue weighted by Crippen LogP contribution is 2.43. The zero-order valence-corrected chi connectivity index (χ0v) is 16.3. The fourth-order valence-corrected chi connectivity index (χ4v) is 4.73. The summed E-state index contributed by atoms with van der Waals surface area (Å²) in [5.74, 6) is -0.0286. The first kappa shape index (κ1) is 18.7. The minimum absolute atomic E-state index is 0.00130. The fraction of sp³-hybridized carbons (Fsp3) is 0.476. The van der Waals surface area contributed by atoms with Crippen LogP contribution in [0.4, 0.5) is 0 Å². The Bertz CT molecular complexity index is 866. The van der Waals surface area contributed by atoms with Gasteiger partial charge in [0.2, 0.25) is 5.91 Å². The molecule has 1 saturated carbocycles. The van der Waals surface area contributed by atoms with Gasteiger partial charge in [0.05, 0.1) is 17.3 Å². The number of amides is 2. The van der Waals surface area contributed by atoms with Crippen molar-refractivity contribution in [3.8, 4) is 5.69 Å². The average Bonchev–Trinajstić information content (AvgIpc) is 3.35. The molecular formula is C21H26N4O3. The van der Waals surface area contributed by atoms with Crippen LogP contribution in [-0.2, 0) is 9.53 Å². The number of methoxy groups -OCH3 is 1. The van der Waals surface area contributed by atoms with Crippen LogP contribution in [0.1, 0.15) is 43.0 Å². The second kappa shape index (κ2) is 7.39. The third-order valence-electron chi connectivity index (χ3n) is 6.12. The molecular weight excluding hydrogens is 356 g/mol. The van der Waals surface area contributed by atoms with Gasteiger partial charge in [-0.1, -0.05) is 6.07 Å². The Morgan fingerprint density at radius 3 is 2.86 bits per heavy atom. The molecule has 2 heterocycles. The van der Waals surface area contributed by atoms with E-state index in [0.717, 1.165) is 31.4 Å². The predicted molar refractivity (Wildman–Crippen MR) is 104 cm³/mol. The molecule has 1 saturated heterocycles. The normalized spacial score (nSPS) is 26.7. The molecule has 7 heteroatoms. The molecule has 4 rings (SSSR count). The van der Waals surface area contributed by atoms with Crippen LogP contribution >= 0.6 is 0 Å². The van der Waals surface area contributed by atoms with Crippen molar-refractivity contribution in [1.29, 1.82) is 0 Å². The topological polar surface area (TPSA) is 76.5 Å². The zero-order chi connectivity index (χ0) is 19.7. The summed E-state index contributed by atoms with van der Waals surface area (Å²) >= 11 is 0. The number of likely N-dealkylation sites (tertiary alicyclic amines) is 1. The summed E-state index contributed by atoms with van der Waals surface area (Å²) in [6, 6.07) is 9.42. The molecule has 0 radical (unpaired) electrons. The molecule has 148 valence electrons. The van der Waals surface area contributed by atoms with Gasteiger partial charge in [-0.25, -0.2) is 4.68 Å². The number of nitrogens with one attached hydrogen (secondary N) is 1. The molecule has 28 heavy (non-hydrogen) atoms. The number of rotatable bonds is 4. The van der Waals surface area contributed by atoms with Crippen LogP contribution < -0.4 is 5.32 Å². The Morgan fingerprint density at radius 1 is 1.29 bits per heavy atom. The van der Waals surface area contributed by atoms with E-state index in [1.54, 1.807) is 18.0 Å². The van der Waals surface area contributed by atoms with E-state index < -0.39 is 0 Å². The molecule has 0 bridgehead atoms. The van der Waals surface area contributed by atoms with E-state index >= 15 is 0 Å². The molecule has 2 fully saturated rings. The summed E-state index contributed by atoms with van der Waals surface area (Å²) < 4.78 is 7.68. The predicted octanol–water partition coefficient (Wildman–Crippen LogP) is 2.16. The van der Waals surface area contributed by atoms with E-state index in [0.29, 0.717) is 12.1 Å². The highest BCUT2D eigenvalue weighted by molar-refractivity contribution is 5.95. The van der Waals surface area contributed by atoms with Crippen LogP contribution in [0.3, 0.4) is 0 Å². The highest BCUT2D eigenvalue weighted by atomic mass is 16.5. The van der Waals surface area contributed by atoms with E-state index in [1.807, 2.05) is 41.4 Å². The van der Waals surface area contributed by atoms with Gasteiger partial charge in [-0.3, -0.25) is 9.59 Å². The molecule has 2 aliphatic rings. The molecule has 0 spiro atoms. The van der Waals surface area contributed by atoms with Gasteiger partial charge in [0, 0.05) is 44.6 Å². The van der Waals surface area contributed by atoms with Gasteiger partial charge in [0.25, 0.3) is 5.91 Å². The quantitative estimate of drug-likeness (QED) is 0.879. The van der Waals surface area contributed by atoms with Crippen molar-refractivity contribution in [2.24, 2.45) is 0 Å². The van der Waals surface area contributed by atoms with Crippen LogP contribution in [-0.4, -0.2) is 57.8 Å². The van der Waals surface area contributed by atoms with E-state index in [1.165, 1.54) is 6.92 Å². The Morgan fingerprint density at radius 2 is 2.14 bits per heavy atom. The lowest BCUT2D eigenvalue weighted by Gasteiger charge is -2.43. The Hall–Kier alpha value is -2.67. The minimum Gasteiger partial charge on any atom is -0.376 e. The van der Waals surface area contributed by atoms with E-state index in [-0.39, 0.29) is 29.5 Å². The number of carbonyl (C=O) groups excluding carboxylic acids is 2. The number of hydrogen-bond donors (Lipinski definition) is 1. The summed E-state index contributed by atoms with van der Waals surface area (Å²) in [6.45, 7) is 2.20. The third kappa shape index (κ3) is 3.30. The molecule has 2 amide bonds. The van der Waals surface area contributed by atoms with Crippen LogP contribution in [0.25, 0.3) is 5.69 Å². The van der Waals surface area contributed by atoms with E-state index in [9.17, 15) is 9.59 Å². The molecule has 1 aromatic carbocycles. The van der Waals surface area contributed by atoms with Crippen LogP contribution in [0.5, 0.6) is 0 Å². The number of hydrogen-bond acceptors (Lipinski definition) is 4. The lowest BCUT2D eigenvalue weighted by molar-refractivity contribution is -0.121. The molecule has 1 aliphatic carbocycles. The van der Waals surface area contributed by atoms with Crippen LogP contribution in [0, 0.1) is 0 Å². The van der Waals surface area contributed by atoms with Gasteiger partial charge in [-0.15, -0.1) is 0 Å². The first-order valence-corrected chi connectivity index (χ1v) is 9.76. The molecule has 7 nitrogen and oxygen atoms in total. The van der Waals surface area contributed by atoms with E-state index in [2.05, 4.69) is 10.4 Å². The number of benzene rings is 1. The van der Waals surface area contributed by atoms with Gasteiger partial charge in [-0.2, -0.15) is 5.10 Å². The monoisotopic (exact) mass is 382 g/mol. The van der Waals surface area contributed by atoms with E-state index in [4.69, 9.17) is 4.74 Å². The lowest BCUT2D eigenvalue weighted by Crippen LogP contribution is -2.55. The number of ether oxygens (including phenoxy) is 1. The van der Waals surface area contributed by atoms with Crippen LogP contribution in [0.15, 0.2) is 42.7 Å². The number of carbonyl (C=O) groups is 2. The molecule has 2 aromatic rings. The average molecular weight is 382 g/mol.